The summed E-state index contributed by atoms with van der Waals surface area (Å²) in [6, 6.07) is 6.61. The van der Waals surface area contributed by atoms with Gasteiger partial charge in [0.2, 0.25) is 10.0 Å². The summed E-state index contributed by atoms with van der Waals surface area (Å²) in [4.78, 5) is 0.158. The maximum absolute atomic E-state index is 10.9. The molecule has 1 aromatic rings. The van der Waals surface area contributed by atoms with Crippen molar-refractivity contribution < 1.29 is 8.42 Å². The Hall–Kier alpha value is -0.620. The number of nitrogens with one attached hydrogen (secondary N) is 1. The Kier molecular flexibility index (Phi) is 5.82. The molecular weight excluding hydrogens is 236 g/mol. The van der Waals surface area contributed by atoms with E-state index < -0.39 is 10.0 Å². The Morgan fingerprint density at radius 1 is 1.27 bits per heavy atom. The first-order valence-electron chi connectivity index (χ1n) is 4.30. The lowest BCUT2D eigenvalue weighted by Crippen LogP contribution is -2.13. The summed E-state index contributed by atoms with van der Waals surface area (Å²) in [5, 5.41) is 7.98. The number of primary sulfonamides is 1. The summed E-state index contributed by atoms with van der Waals surface area (Å²) >= 11 is 0. The van der Waals surface area contributed by atoms with Gasteiger partial charge in [-0.3, -0.25) is 0 Å². The minimum absolute atomic E-state index is 0. The Morgan fingerprint density at radius 3 is 2.20 bits per heavy atom. The quantitative estimate of drug-likeness (QED) is 0.818. The second kappa shape index (κ2) is 6.07. The van der Waals surface area contributed by atoms with Crippen LogP contribution in [0.4, 0.5) is 0 Å². The van der Waals surface area contributed by atoms with Gasteiger partial charge in [-0.25, -0.2) is 13.6 Å². The predicted octanol–water partition coefficient (Wildman–Crippen LogP) is 0.518. The van der Waals surface area contributed by atoms with Crippen LogP contribution in [0.15, 0.2) is 29.2 Å². The van der Waals surface area contributed by atoms with E-state index in [-0.39, 0.29) is 17.3 Å². The SMILES string of the molecule is CNCCc1ccc(S(N)(=O)=O)cc1.Cl. The fraction of sp³-hybridized carbons (Fsp3) is 0.333. The fourth-order valence-corrected chi connectivity index (χ4v) is 1.63. The molecule has 0 spiro atoms. The summed E-state index contributed by atoms with van der Waals surface area (Å²) in [5.74, 6) is 0. The van der Waals surface area contributed by atoms with E-state index >= 15 is 0 Å². The van der Waals surface area contributed by atoms with Gasteiger partial charge in [0, 0.05) is 0 Å². The average Bonchev–Trinajstić information content (AvgIpc) is 2.14. The number of benzene rings is 1. The van der Waals surface area contributed by atoms with E-state index in [1.807, 2.05) is 7.05 Å². The van der Waals surface area contributed by atoms with Gasteiger partial charge in [0.1, 0.15) is 0 Å². The van der Waals surface area contributed by atoms with Gasteiger partial charge in [-0.05, 0) is 37.7 Å². The Balaban J connectivity index is 0.00000196. The van der Waals surface area contributed by atoms with Gasteiger partial charge in [-0.15, -0.1) is 12.4 Å². The van der Waals surface area contributed by atoms with Crippen LogP contribution in [-0.4, -0.2) is 22.0 Å². The minimum atomic E-state index is -3.56. The minimum Gasteiger partial charge on any atom is -0.319 e. The molecule has 0 radical (unpaired) electrons. The van der Waals surface area contributed by atoms with Crippen LogP contribution >= 0.6 is 12.4 Å². The lowest BCUT2D eigenvalue weighted by atomic mass is 10.1. The Bertz CT molecular complexity index is 389. The van der Waals surface area contributed by atoms with Gasteiger partial charge >= 0.3 is 0 Å². The van der Waals surface area contributed by atoms with Crippen molar-refractivity contribution in [3.8, 4) is 0 Å². The molecule has 0 aliphatic rings. The molecule has 0 fully saturated rings. The molecule has 0 aliphatic carbocycles. The fourth-order valence-electron chi connectivity index (χ4n) is 1.12. The normalized spacial score (nSPS) is 10.8. The molecule has 1 aromatic carbocycles. The van der Waals surface area contributed by atoms with Crippen molar-refractivity contribution in [1.82, 2.24) is 5.32 Å². The van der Waals surface area contributed by atoms with Crippen molar-refractivity contribution in [2.24, 2.45) is 5.14 Å². The van der Waals surface area contributed by atoms with Crippen molar-refractivity contribution >= 4 is 22.4 Å². The lowest BCUT2D eigenvalue weighted by Gasteiger charge is -2.02. The first kappa shape index (κ1) is 14.4. The molecular formula is C9H15ClN2O2S. The summed E-state index contributed by atoms with van der Waals surface area (Å²) in [5.41, 5.74) is 1.09. The van der Waals surface area contributed by atoms with Crippen LogP contribution < -0.4 is 10.5 Å². The van der Waals surface area contributed by atoms with Crippen molar-refractivity contribution in [2.75, 3.05) is 13.6 Å². The van der Waals surface area contributed by atoms with Crippen LogP contribution in [0.2, 0.25) is 0 Å². The molecule has 0 saturated carbocycles. The van der Waals surface area contributed by atoms with Gasteiger partial charge in [-0.2, -0.15) is 0 Å². The molecule has 86 valence electrons. The zero-order valence-corrected chi connectivity index (χ0v) is 10.1. The zero-order valence-electron chi connectivity index (χ0n) is 8.43. The second-order valence-corrected chi connectivity index (χ2v) is 4.60. The number of sulfonamides is 1. The van der Waals surface area contributed by atoms with E-state index in [0.29, 0.717) is 0 Å². The molecule has 0 bridgehead atoms. The molecule has 1 rings (SSSR count). The van der Waals surface area contributed by atoms with Crippen LogP contribution in [0.3, 0.4) is 0 Å². The van der Waals surface area contributed by atoms with E-state index in [9.17, 15) is 8.42 Å². The Labute approximate surface area is 96.3 Å². The van der Waals surface area contributed by atoms with Gasteiger partial charge < -0.3 is 5.32 Å². The molecule has 4 nitrogen and oxygen atoms in total. The molecule has 0 unspecified atom stereocenters. The highest BCUT2D eigenvalue weighted by atomic mass is 35.5. The number of likely N-dealkylation sites (N-methyl/N-ethyl adjacent to an activating group) is 1. The third-order valence-electron chi connectivity index (χ3n) is 1.92. The predicted molar refractivity (Wildman–Crippen MR) is 62.7 cm³/mol. The molecule has 0 saturated heterocycles. The summed E-state index contributed by atoms with van der Waals surface area (Å²) < 4.78 is 21.8. The zero-order chi connectivity index (χ0) is 10.6. The van der Waals surface area contributed by atoms with E-state index in [2.05, 4.69) is 5.32 Å². The Morgan fingerprint density at radius 2 is 1.80 bits per heavy atom. The highest BCUT2D eigenvalue weighted by Gasteiger charge is 2.05. The van der Waals surface area contributed by atoms with E-state index in [4.69, 9.17) is 5.14 Å². The van der Waals surface area contributed by atoms with Gasteiger partial charge in [0.05, 0.1) is 4.90 Å². The first-order chi connectivity index (χ1) is 6.54. The second-order valence-electron chi connectivity index (χ2n) is 3.04. The van der Waals surface area contributed by atoms with Crippen molar-refractivity contribution in [3.05, 3.63) is 29.8 Å². The average molecular weight is 251 g/mol. The number of halogens is 1. The van der Waals surface area contributed by atoms with E-state index in [0.717, 1.165) is 18.5 Å². The van der Waals surface area contributed by atoms with Gasteiger partial charge in [0.25, 0.3) is 0 Å². The molecule has 0 aromatic heterocycles. The third kappa shape index (κ3) is 4.61. The lowest BCUT2D eigenvalue weighted by molar-refractivity contribution is 0.598. The van der Waals surface area contributed by atoms with Crippen LogP contribution in [0, 0.1) is 0 Å². The summed E-state index contributed by atoms with van der Waals surface area (Å²) in [6.07, 6.45) is 0.876. The highest BCUT2D eigenvalue weighted by molar-refractivity contribution is 7.89. The largest absolute Gasteiger partial charge is 0.319 e. The molecule has 0 amide bonds. The summed E-state index contributed by atoms with van der Waals surface area (Å²) in [6.45, 7) is 0.870. The molecule has 6 heteroatoms. The molecule has 3 N–H and O–H groups in total. The molecule has 0 aliphatic heterocycles. The van der Waals surface area contributed by atoms with Crippen molar-refractivity contribution in [2.45, 2.75) is 11.3 Å². The van der Waals surface area contributed by atoms with Crippen molar-refractivity contribution in [3.63, 3.8) is 0 Å². The molecule has 15 heavy (non-hydrogen) atoms. The first-order valence-corrected chi connectivity index (χ1v) is 5.85. The standard InChI is InChI=1S/C9H14N2O2S.ClH/c1-11-7-6-8-2-4-9(5-3-8)14(10,12)13;/h2-5,11H,6-7H2,1H3,(H2,10,12,13);1H. The number of hydrogen-bond acceptors (Lipinski definition) is 3. The number of rotatable bonds is 4. The van der Waals surface area contributed by atoms with Crippen LogP contribution in [0.5, 0.6) is 0 Å². The molecule has 0 atom stereocenters. The molecule has 0 heterocycles. The van der Waals surface area contributed by atoms with Gasteiger partial charge in [-0.1, -0.05) is 12.1 Å². The van der Waals surface area contributed by atoms with Crippen molar-refractivity contribution in [1.29, 1.82) is 0 Å². The highest BCUT2D eigenvalue weighted by Crippen LogP contribution is 2.08. The maximum atomic E-state index is 10.9. The van der Waals surface area contributed by atoms with Crippen LogP contribution in [0.1, 0.15) is 5.56 Å². The monoisotopic (exact) mass is 250 g/mol. The smallest absolute Gasteiger partial charge is 0.238 e. The number of nitrogens with two attached hydrogens (primary N) is 1. The summed E-state index contributed by atoms with van der Waals surface area (Å²) in [7, 11) is -1.68. The van der Waals surface area contributed by atoms with E-state index in [1.165, 1.54) is 12.1 Å². The van der Waals surface area contributed by atoms with Crippen LogP contribution in [-0.2, 0) is 16.4 Å². The van der Waals surface area contributed by atoms with Gasteiger partial charge in [0.15, 0.2) is 0 Å². The van der Waals surface area contributed by atoms with Crippen LogP contribution in [0.25, 0.3) is 0 Å². The van der Waals surface area contributed by atoms with E-state index in [1.54, 1.807) is 12.1 Å². The number of hydrogen-bond donors (Lipinski definition) is 2. The third-order valence-corrected chi connectivity index (χ3v) is 2.84. The topological polar surface area (TPSA) is 72.2 Å². The maximum Gasteiger partial charge on any atom is 0.238 e.